The van der Waals surface area contributed by atoms with Crippen LogP contribution in [0.3, 0.4) is 0 Å². The van der Waals surface area contributed by atoms with Crippen molar-refractivity contribution in [2.75, 3.05) is 0 Å². The molecule has 0 fully saturated rings. The summed E-state index contributed by atoms with van der Waals surface area (Å²) in [6.07, 6.45) is 0.865. The van der Waals surface area contributed by atoms with Crippen molar-refractivity contribution >= 4 is 17.8 Å². The lowest BCUT2D eigenvalue weighted by Crippen LogP contribution is -1.94. The summed E-state index contributed by atoms with van der Waals surface area (Å²) in [5.74, 6) is 0.370. The Hall–Kier alpha value is -2.82. The first-order chi connectivity index (χ1) is 10.8. The van der Waals surface area contributed by atoms with Gasteiger partial charge in [0.05, 0.1) is 4.92 Å². The largest absolute Gasteiger partial charge is 0.298 e. The maximum Gasteiger partial charge on any atom is 0.270 e. The van der Waals surface area contributed by atoms with Crippen molar-refractivity contribution in [1.29, 1.82) is 0 Å². The molecular formula is C18H19NO4. The van der Waals surface area contributed by atoms with Crippen LogP contribution in [0.15, 0.2) is 48.5 Å². The van der Waals surface area contributed by atoms with Crippen molar-refractivity contribution in [3.8, 4) is 0 Å². The van der Waals surface area contributed by atoms with Gasteiger partial charge in [0.2, 0.25) is 0 Å². The lowest BCUT2D eigenvalue weighted by atomic mass is 10.0. The standard InChI is InChI=1S/C10H12O.C8H7NO3/c1-8(2)10-5-3-9(7-11)4-6-10;1-6(10)7-3-2-4-8(5-7)9(11)12/h3-8H,1-2H3;2-5H,1H3. The van der Waals surface area contributed by atoms with E-state index in [1.165, 1.54) is 30.7 Å². The van der Waals surface area contributed by atoms with Crippen LogP contribution >= 0.6 is 0 Å². The third kappa shape index (κ3) is 5.82. The molecule has 0 bridgehead atoms. The summed E-state index contributed by atoms with van der Waals surface area (Å²) < 4.78 is 0. The Morgan fingerprint density at radius 2 is 1.74 bits per heavy atom. The lowest BCUT2D eigenvalue weighted by molar-refractivity contribution is -0.384. The van der Waals surface area contributed by atoms with E-state index in [1.54, 1.807) is 6.07 Å². The molecule has 0 radical (unpaired) electrons. The van der Waals surface area contributed by atoms with E-state index < -0.39 is 4.92 Å². The van der Waals surface area contributed by atoms with E-state index in [4.69, 9.17) is 0 Å². The number of non-ortho nitro benzene ring substituents is 1. The van der Waals surface area contributed by atoms with Gasteiger partial charge in [-0.15, -0.1) is 0 Å². The zero-order valence-corrected chi connectivity index (χ0v) is 13.4. The van der Waals surface area contributed by atoms with Gasteiger partial charge in [-0.05, 0) is 18.4 Å². The molecule has 5 heteroatoms. The molecule has 2 aromatic rings. The topological polar surface area (TPSA) is 77.3 Å². The molecule has 2 aromatic carbocycles. The molecule has 23 heavy (non-hydrogen) atoms. The van der Waals surface area contributed by atoms with E-state index in [2.05, 4.69) is 13.8 Å². The van der Waals surface area contributed by atoms with Crippen molar-refractivity contribution in [3.05, 3.63) is 75.3 Å². The van der Waals surface area contributed by atoms with Gasteiger partial charge in [0, 0.05) is 23.3 Å². The highest BCUT2D eigenvalue weighted by atomic mass is 16.6. The quantitative estimate of drug-likeness (QED) is 0.362. The number of hydrogen-bond donors (Lipinski definition) is 0. The van der Waals surface area contributed by atoms with Gasteiger partial charge in [0.15, 0.2) is 5.78 Å². The molecule has 0 heterocycles. The van der Waals surface area contributed by atoms with E-state index in [-0.39, 0.29) is 11.5 Å². The highest BCUT2D eigenvalue weighted by molar-refractivity contribution is 5.94. The summed E-state index contributed by atoms with van der Waals surface area (Å²) >= 11 is 0. The third-order valence-corrected chi connectivity index (χ3v) is 3.20. The Bertz CT molecular complexity index is 661. The van der Waals surface area contributed by atoms with Gasteiger partial charge in [-0.1, -0.05) is 50.2 Å². The fraction of sp³-hybridized carbons (Fsp3) is 0.222. The number of carbonyl (C=O) groups excluding carboxylic acids is 2. The number of ketones is 1. The number of carbonyl (C=O) groups is 2. The maximum absolute atomic E-state index is 10.8. The van der Waals surface area contributed by atoms with Crippen molar-refractivity contribution in [2.45, 2.75) is 26.7 Å². The van der Waals surface area contributed by atoms with Crippen molar-refractivity contribution in [2.24, 2.45) is 0 Å². The number of nitro benzene ring substituents is 1. The predicted octanol–water partition coefficient (Wildman–Crippen LogP) is 4.42. The Kier molecular flexibility index (Phi) is 6.80. The summed E-state index contributed by atoms with van der Waals surface area (Å²) in [6.45, 7) is 5.64. The van der Waals surface area contributed by atoms with Crippen LogP contribution in [-0.4, -0.2) is 17.0 Å². The molecule has 120 valence electrons. The molecule has 0 amide bonds. The van der Waals surface area contributed by atoms with E-state index >= 15 is 0 Å². The van der Waals surface area contributed by atoms with Gasteiger partial charge in [0.1, 0.15) is 6.29 Å². The molecule has 2 rings (SSSR count). The summed E-state index contributed by atoms with van der Waals surface area (Å²) in [5.41, 5.74) is 2.33. The van der Waals surface area contributed by atoms with Gasteiger partial charge < -0.3 is 0 Å². The molecule has 5 nitrogen and oxygen atoms in total. The van der Waals surface area contributed by atoms with Gasteiger partial charge in [-0.3, -0.25) is 19.7 Å². The predicted molar refractivity (Wildman–Crippen MR) is 89.0 cm³/mol. The smallest absolute Gasteiger partial charge is 0.270 e. The summed E-state index contributed by atoms with van der Waals surface area (Å²) in [6, 6.07) is 13.4. The summed E-state index contributed by atoms with van der Waals surface area (Å²) in [7, 11) is 0. The second-order valence-corrected chi connectivity index (χ2v) is 5.30. The van der Waals surface area contributed by atoms with Gasteiger partial charge in [-0.2, -0.15) is 0 Å². The number of benzene rings is 2. The Labute approximate surface area is 135 Å². The second-order valence-electron chi connectivity index (χ2n) is 5.30. The fourth-order valence-corrected chi connectivity index (χ4v) is 1.80. The van der Waals surface area contributed by atoms with Crippen molar-refractivity contribution in [1.82, 2.24) is 0 Å². The lowest BCUT2D eigenvalue weighted by Gasteiger charge is -2.03. The first-order valence-corrected chi connectivity index (χ1v) is 7.15. The minimum Gasteiger partial charge on any atom is -0.298 e. The van der Waals surface area contributed by atoms with Crippen LogP contribution < -0.4 is 0 Å². The molecule has 0 unspecified atom stereocenters. The summed E-state index contributed by atoms with van der Waals surface area (Å²) in [4.78, 5) is 30.8. The van der Waals surface area contributed by atoms with Gasteiger partial charge in [-0.25, -0.2) is 0 Å². The van der Waals surface area contributed by atoms with Crippen LogP contribution in [-0.2, 0) is 0 Å². The van der Waals surface area contributed by atoms with Crippen LogP contribution in [0.4, 0.5) is 5.69 Å². The molecule has 0 aliphatic rings. The molecule has 0 aliphatic heterocycles. The summed E-state index contributed by atoms with van der Waals surface area (Å²) in [5, 5.41) is 10.3. The average molecular weight is 313 g/mol. The molecule has 0 aliphatic carbocycles. The van der Waals surface area contributed by atoms with Crippen LogP contribution in [0.2, 0.25) is 0 Å². The number of nitro groups is 1. The van der Waals surface area contributed by atoms with Crippen molar-refractivity contribution in [3.63, 3.8) is 0 Å². The number of rotatable bonds is 4. The molecule has 0 aromatic heterocycles. The fourth-order valence-electron chi connectivity index (χ4n) is 1.80. The van der Waals surface area contributed by atoms with Crippen LogP contribution in [0, 0.1) is 10.1 Å². The van der Waals surface area contributed by atoms with E-state index in [1.807, 2.05) is 24.3 Å². The number of nitrogens with zero attached hydrogens (tertiary/aromatic N) is 1. The molecule has 0 saturated heterocycles. The van der Waals surface area contributed by atoms with Gasteiger partial charge in [0.25, 0.3) is 5.69 Å². The highest BCUT2D eigenvalue weighted by Crippen LogP contribution is 2.14. The van der Waals surface area contributed by atoms with Crippen LogP contribution in [0.25, 0.3) is 0 Å². The zero-order valence-electron chi connectivity index (χ0n) is 13.4. The highest BCUT2D eigenvalue weighted by Gasteiger charge is 2.07. The third-order valence-electron chi connectivity index (χ3n) is 3.20. The first-order valence-electron chi connectivity index (χ1n) is 7.15. The van der Waals surface area contributed by atoms with Crippen molar-refractivity contribution < 1.29 is 14.5 Å². The Morgan fingerprint density at radius 1 is 1.13 bits per heavy atom. The molecule has 0 atom stereocenters. The van der Waals surface area contributed by atoms with E-state index in [0.29, 0.717) is 11.5 Å². The number of Topliss-reactive ketones (excluding diaryl/α,β-unsaturated/α-hetero) is 1. The molecule has 0 spiro atoms. The Morgan fingerprint density at radius 3 is 2.17 bits per heavy atom. The first kappa shape index (κ1) is 18.2. The number of aldehydes is 1. The van der Waals surface area contributed by atoms with Crippen LogP contribution in [0.1, 0.15) is 53.0 Å². The second kappa shape index (κ2) is 8.58. The maximum atomic E-state index is 10.8. The average Bonchev–Trinajstić information content (AvgIpc) is 2.55. The minimum absolute atomic E-state index is 0.0531. The minimum atomic E-state index is -0.521. The molecule has 0 N–H and O–H groups in total. The SMILES string of the molecule is CC(=O)c1cccc([N+](=O)[O-])c1.CC(C)c1ccc(C=O)cc1. The zero-order chi connectivity index (χ0) is 17.4. The van der Waals surface area contributed by atoms with Crippen LogP contribution in [0.5, 0.6) is 0 Å². The van der Waals surface area contributed by atoms with E-state index in [9.17, 15) is 19.7 Å². The van der Waals surface area contributed by atoms with E-state index in [0.717, 1.165) is 11.8 Å². The molecule has 0 saturated carbocycles. The molecular weight excluding hydrogens is 294 g/mol. The normalized spacial score (nSPS) is 9.74. The monoisotopic (exact) mass is 313 g/mol. The van der Waals surface area contributed by atoms with Gasteiger partial charge >= 0.3 is 0 Å². The Balaban J connectivity index is 0.000000231. The number of hydrogen-bond acceptors (Lipinski definition) is 4.